The normalized spacial score (nSPS) is 10.1. The fourth-order valence-corrected chi connectivity index (χ4v) is 2.21. The minimum absolute atomic E-state index is 0.115. The van der Waals surface area contributed by atoms with Crippen LogP contribution in [0.4, 0.5) is 28.8 Å². The minimum atomic E-state index is -0.115. The molecule has 0 atom stereocenters. The number of ether oxygens (including phenoxy) is 1. The van der Waals surface area contributed by atoms with Crippen molar-refractivity contribution >= 4 is 34.7 Å². The van der Waals surface area contributed by atoms with E-state index in [0.29, 0.717) is 11.8 Å². The molecule has 2 aromatic carbocycles. The molecule has 0 spiro atoms. The predicted octanol–water partition coefficient (Wildman–Crippen LogP) is 3.33. The number of aromatic nitrogens is 3. The quantitative estimate of drug-likeness (QED) is 0.627. The number of nitrogens with one attached hydrogen (secondary N) is 3. The van der Waals surface area contributed by atoms with E-state index in [2.05, 4.69) is 31.1 Å². The van der Waals surface area contributed by atoms with Gasteiger partial charge in [0.25, 0.3) is 0 Å². The van der Waals surface area contributed by atoms with Crippen LogP contribution in [0, 0.1) is 0 Å². The van der Waals surface area contributed by atoms with Crippen molar-refractivity contribution in [2.75, 3.05) is 23.1 Å². The van der Waals surface area contributed by atoms with Gasteiger partial charge in [0, 0.05) is 24.0 Å². The van der Waals surface area contributed by atoms with Gasteiger partial charge in [-0.05, 0) is 48.5 Å². The number of hydrogen-bond donors (Lipinski definition) is 3. The van der Waals surface area contributed by atoms with Crippen LogP contribution in [0.25, 0.3) is 0 Å². The molecule has 0 aliphatic heterocycles. The van der Waals surface area contributed by atoms with Crippen molar-refractivity contribution < 1.29 is 9.53 Å². The fourth-order valence-electron chi connectivity index (χ4n) is 2.21. The van der Waals surface area contributed by atoms with Crippen LogP contribution < -0.4 is 20.7 Å². The molecule has 1 amide bonds. The van der Waals surface area contributed by atoms with Crippen LogP contribution in [0.15, 0.2) is 54.7 Å². The molecule has 132 valence electrons. The maximum atomic E-state index is 11.0. The van der Waals surface area contributed by atoms with E-state index >= 15 is 0 Å². The number of rotatable bonds is 6. The third kappa shape index (κ3) is 4.67. The van der Waals surface area contributed by atoms with Crippen LogP contribution in [0.3, 0.4) is 0 Å². The highest BCUT2D eigenvalue weighted by molar-refractivity contribution is 5.88. The van der Waals surface area contributed by atoms with Crippen LogP contribution in [0.5, 0.6) is 5.75 Å². The Morgan fingerprint density at radius 2 is 1.54 bits per heavy atom. The highest BCUT2D eigenvalue weighted by Crippen LogP contribution is 2.20. The van der Waals surface area contributed by atoms with Gasteiger partial charge < -0.3 is 20.7 Å². The number of carbonyl (C=O) groups is 1. The van der Waals surface area contributed by atoms with Crippen LogP contribution in [-0.2, 0) is 4.79 Å². The molecule has 0 unspecified atom stereocenters. The second-order valence-electron chi connectivity index (χ2n) is 5.40. The van der Waals surface area contributed by atoms with Gasteiger partial charge >= 0.3 is 0 Å². The first-order valence-corrected chi connectivity index (χ1v) is 7.88. The number of nitrogens with zero attached hydrogens (tertiary/aromatic N) is 3. The molecule has 8 nitrogen and oxygen atoms in total. The number of amides is 1. The Labute approximate surface area is 150 Å². The minimum Gasteiger partial charge on any atom is -0.497 e. The van der Waals surface area contributed by atoms with E-state index in [-0.39, 0.29) is 5.91 Å². The maximum absolute atomic E-state index is 11.0. The van der Waals surface area contributed by atoms with Crippen molar-refractivity contribution in [3.63, 3.8) is 0 Å². The first-order valence-electron chi connectivity index (χ1n) is 7.88. The van der Waals surface area contributed by atoms with Gasteiger partial charge in [0.2, 0.25) is 11.9 Å². The molecule has 0 saturated carbocycles. The van der Waals surface area contributed by atoms with E-state index in [4.69, 9.17) is 4.74 Å². The lowest BCUT2D eigenvalue weighted by molar-refractivity contribution is -0.114. The predicted molar refractivity (Wildman–Crippen MR) is 100 cm³/mol. The third-order valence-corrected chi connectivity index (χ3v) is 3.38. The van der Waals surface area contributed by atoms with Crippen molar-refractivity contribution in [3.05, 3.63) is 54.7 Å². The van der Waals surface area contributed by atoms with E-state index in [1.807, 2.05) is 36.4 Å². The number of anilines is 5. The van der Waals surface area contributed by atoms with Gasteiger partial charge in [0.1, 0.15) is 5.75 Å². The van der Waals surface area contributed by atoms with Gasteiger partial charge in [-0.3, -0.25) is 4.79 Å². The summed E-state index contributed by atoms with van der Waals surface area (Å²) in [5.41, 5.74) is 2.36. The zero-order valence-corrected chi connectivity index (χ0v) is 14.4. The van der Waals surface area contributed by atoms with Crippen molar-refractivity contribution in [2.45, 2.75) is 6.92 Å². The van der Waals surface area contributed by atoms with Crippen molar-refractivity contribution in [3.8, 4) is 5.75 Å². The van der Waals surface area contributed by atoms with E-state index in [1.165, 1.54) is 13.1 Å². The molecule has 1 aromatic heterocycles. The smallest absolute Gasteiger partial charge is 0.249 e. The number of methoxy groups -OCH3 is 1. The standard InChI is InChI=1S/C18H18N6O2/c1-12(25)20-13-3-5-15(6-4-13)22-18-23-17(11-19-24-18)21-14-7-9-16(26-2)10-8-14/h3-11H,1-2H3,(H,20,25)(H2,21,22,23,24). The summed E-state index contributed by atoms with van der Waals surface area (Å²) in [5.74, 6) is 1.58. The lowest BCUT2D eigenvalue weighted by Gasteiger charge is -2.09. The van der Waals surface area contributed by atoms with E-state index in [9.17, 15) is 4.79 Å². The molecule has 0 fully saturated rings. The van der Waals surface area contributed by atoms with Gasteiger partial charge in [-0.1, -0.05) is 0 Å². The summed E-state index contributed by atoms with van der Waals surface area (Å²) in [5, 5.41) is 16.9. The molecule has 3 N–H and O–H groups in total. The Balaban J connectivity index is 1.67. The average Bonchev–Trinajstić information content (AvgIpc) is 2.64. The molecule has 3 aromatic rings. The summed E-state index contributed by atoms with van der Waals surface area (Å²) >= 11 is 0. The second-order valence-corrected chi connectivity index (χ2v) is 5.40. The summed E-state index contributed by atoms with van der Waals surface area (Å²) in [4.78, 5) is 15.4. The molecule has 3 rings (SSSR count). The van der Waals surface area contributed by atoms with E-state index in [0.717, 1.165) is 22.8 Å². The van der Waals surface area contributed by atoms with Crippen LogP contribution in [-0.4, -0.2) is 28.2 Å². The van der Waals surface area contributed by atoms with Gasteiger partial charge in [-0.2, -0.15) is 10.1 Å². The second kappa shape index (κ2) is 7.93. The summed E-state index contributed by atoms with van der Waals surface area (Å²) < 4.78 is 5.14. The molecular formula is C18H18N6O2. The summed E-state index contributed by atoms with van der Waals surface area (Å²) in [7, 11) is 1.62. The molecule has 0 aliphatic rings. The first kappa shape index (κ1) is 17.2. The molecule has 26 heavy (non-hydrogen) atoms. The third-order valence-electron chi connectivity index (χ3n) is 3.38. The van der Waals surface area contributed by atoms with Crippen LogP contribution in [0.1, 0.15) is 6.92 Å². The largest absolute Gasteiger partial charge is 0.497 e. The topological polar surface area (TPSA) is 101 Å². The molecule has 0 bridgehead atoms. The lowest BCUT2D eigenvalue weighted by Crippen LogP contribution is -2.05. The number of hydrogen-bond acceptors (Lipinski definition) is 7. The number of benzene rings is 2. The van der Waals surface area contributed by atoms with E-state index in [1.54, 1.807) is 19.2 Å². The maximum Gasteiger partial charge on any atom is 0.249 e. The van der Waals surface area contributed by atoms with E-state index < -0.39 is 0 Å². The van der Waals surface area contributed by atoms with Crippen LogP contribution in [0.2, 0.25) is 0 Å². The zero-order valence-electron chi connectivity index (χ0n) is 14.4. The van der Waals surface area contributed by atoms with Crippen molar-refractivity contribution in [1.82, 2.24) is 15.2 Å². The average molecular weight is 350 g/mol. The van der Waals surface area contributed by atoms with Gasteiger partial charge in [-0.15, -0.1) is 5.10 Å². The Kier molecular flexibility index (Phi) is 5.23. The molecule has 0 aliphatic carbocycles. The monoisotopic (exact) mass is 350 g/mol. The molecular weight excluding hydrogens is 332 g/mol. The fraction of sp³-hybridized carbons (Fsp3) is 0.111. The Hall–Kier alpha value is -3.68. The Morgan fingerprint density at radius 1 is 0.923 bits per heavy atom. The number of carbonyl (C=O) groups excluding carboxylic acids is 1. The molecule has 0 saturated heterocycles. The molecule has 8 heteroatoms. The zero-order chi connectivity index (χ0) is 18.4. The Bertz CT molecular complexity index is 881. The van der Waals surface area contributed by atoms with Gasteiger partial charge in [0.15, 0.2) is 5.82 Å². The molecule has 0 radical (unpaired) electrons. The summed E-state index contributed by atoms with van der Waals surface area (Å²) in [6.45, 7) is 1.47. The lowest BCUT2D eigenvalue weighted by atomic mass is 10.3. The highest BCUT2D eigenvalue weighted by atomic mass is 16.5. The summed E-state index contributed by atoms with van der Waals surface area (Å²) in [6, 6.07) is 14.7. The SMILES string of the molecule is COc1ccc(Nc2cnnc(Nc3ccc(NC(C)=O)cc3)n2)cc1. The van der Waals surface area contributed by atoms with Crippen molar-refractivity contribution in [2.24, 2.45) is 0 Å². The highest BCUT2D eigenvalue weighted by Gasteiger charge is 2.03. The first-order chi connectivity index (χ1) is 12.6. The molecule has 1 heterocycles. The summed E-state index contributed by atoms with van der Waals surface area (Å²) in [6.07, 6.45) is 1.54. The van der Waals surface area contributed by atoms with Crippen molar-refractivity contribution in [1.29, 1.82) is 0 Å². The van der Waals surface area contributed by atoms with Crippen LogP contribution >= 0.6 is 0 Å². The van der Waals surface area contributed by atoms with Gasteiger partial charge in [0.05, 0.1) is 13.3 Å². The Morgan fingerprint density at radius 3 is 2.19 bits per heavy atom. The van der Waals surface area contributed by atoms with Gasteiger partial charge in [-0.25, -0.2) is 0 Å².